The van der Waals surface area contributed by atoms with Crippen LogP contribution in [0.1, 0.15) is 5.69 Å². The van der Waals surface area contributed by atoms with Crippen molar-refractivity contribution in [2.45, 2.75) is 6.92 Å². The zero-order valence-corrected chi connectivity index (χ0v) is 10.5. The quantitative estimate of drug-likeness (QED) is 0.568. The van der Waals surface area contributed by atoms with Crippen molar-refractivity contribution in [3.8, 4) is 11.3 Å². The summed E-state index contributed by atoms with van der Waals surface area (Å²) in [5.41, 5.74) is 1.87. The first-order valence-electron chi connectivity index (χ1n) is 5.88. The number of aromatic nitrogens is 3. The van der Waals surface area contributed by atoms with Crippen molar-refractivity contribution >= 4 is 11.5 Å². The zero-order valence-electron chi connectivity index (χ0n) is 10.5. The molecule has 2 heterocycles. The molecule has 0 aliphatic rings. The van der Waals surface area contributed by atoms with Crippen molar-refractivity contribution in [2.75, 3.05) is 0 Å². The minimum Gasteiger partial charge on any atom is -0.329 e. The van der Waals surface area contributed by atoms with Crippen LogP contribution in [0.2, 0.25) is 0 Å². The molecule has 7 nitrogen and oxygen atoms in total. The first-order valence-corrected chi connectivity index (χ1v) is 5.88. The summed E-state index contributed by atoms with van der Waals surface area (Å²) in [6.45, 7) is 1.78. The third-order valence-electron chi connectivity index (χ3n) is 2.97. The van der Waals surface area contributed by atoms with Crippen LogP contribution in [0.5, 0.6) is 0 Å². The van der Waals surface area contributed by atoms with Crippen LogP contribution in [0.25, 0.3) is 17.0 Å². The minimum absolute atomic E-state index is 0.0180. The molecule has 0 fully saturated rings. The summed E-state index contributed by atoms with van der Waals surface area (Å²) in [6.07, 6.45) is 1.61. The number of hydrogen-bond donors (Lipinski definition) is 1. The van der Waals surface area contributed by atoms with Crippen molar-refractivity contribution in [1.82, 2.24) is 14.4 Å². The molecule has 0 saturated carbocycles. The molecule has 3 aromatic rings. The molecule has 1 aromatic carbocycles. The Morgan fingerprint density at radius 3 is 2.65 bits per heavy atom. The van der Waals surface area contributed by atoms with E-state index in [0.29, 0.717) is 17.0 Å². The summed E-state index contributed by atoms with van der Waals surface area (Å²) < 4.78 is 1.41. The maximum Gasteiger partial charge on any atom is 0.269 e. The highest BCUT2D eigenvalue weighted by Gasteiger charge is 2.09. The van der Waals surface area contributed by atoms with Crippen LogP contribution in [0.3, 0.4) is 0 Å². The van der Waals surface area contributed by atoms with Crippen LogP contribution in [-0.2, 0) is 0 Å². The van der Waals surface area contributed by atoms with Gasteiger partial charge in [0, 0.05) is 35.7 Å². The molecule has 20 heavy (non-hydrogen) atoms. The number of rotatable bonds is 2. The number of aryl methyl sites for hydroxylation is 1. The van der Waals surface area contributed by atoms with E-state index < -0.39 is 4.92 Å². The Hall–Kier alpha value is -2.96. The number of H-pyrrole nitrogens is 1. The molecule has 100 valence electrons. The lowest BCUT2D eigenvalue weighted by Gasteiger charge is -1.95. The van der Waals surface area contributed by atoms with Crippen molar-refractivity contribution < 1.29 is 4.92 Å². The number of imidazole rings is 1. The fourth-order valence-electron chi connectivity index (χ4n) is 2.00. The molecule has 0 unspecified atom stereocenters. The smallest absolute Gasteiger partial charge is 0.269 e. The molecular weight excluding hydrogens is 260 g/mol. The second kappa shape index (κ2) is 4.30. The van der Waals surface area contributed by atoms with Crippen LogP contribution >= 0.6 is 0 Å². The third kappa shape index (κ3) is 1.95. The Morgan fingerprint density at radius 1 is 1.30 bits per heavy atom. The second-order valence-electron chi connectivity index (χ2n) is 4.41. The lowest BCUT2D eigenvalue weighted by Crippen LogP contribution is -2.12. The van der Waals surface area contributed by atoms with E-state index in [1.807, 2.05) is 0 Å². The van der Waals surface area contributed by atoms with Gasteiger partial charge in [-0.05, 0) is 19.1 Å². The Balaban J connectivity index is 2.12. The predicted molar refractivity (Wildman–Crippen MR) is 72.6 cm³/mol. The van der Waals surface area contributed by atoms with E-state index >= 15 is 0 Å². The highest BCUT2D eigenvalue weighted by Crippen LogP contribution is 2.21. The summed E-state index contributed by atoms with van der Waals surface area (Å²) >= 11 is 0. The van der Waals surface area contributed by atoms with E-state index in [9.17, 15) is 14.9 Å². The van der Waals surface area contributed by atoms with E-state index in [0.717, 1.165) is 5.69 Å². The minimum atomic E-state index is -0.458. The molecule has 0 radical (unpaired) electrons. The molecule has 0 aliphatic heterocycles. The first-order chi connectivity index (χ1) is 9.54. The van der Waals surface area contributed by atoms with Gasteiger partial charge in [0.05, 0.1) is 10.6 Å². The molecule has 2 aromatic heterocycles. The van der Waals surface area contributed by atoms with Crippen LogP contribution in [0.15, 0.2) is 41.3 Å². The maximum absolute atomic E-state index is 11.8. The Labute approximate surface area is 112 Å². The first kappa shape index (κ1) is 12.1. The summed E-state index contributed by atoms with van der Waals surface area (Å²) in [5, 5.41) is 10.6. The van der Waals surface area contributed by atoms with Gasteiger partial charge in [-0.2, -0.15) is 0 Å². The van der Waals surface area contributed by atoms with E-state index in [-0.39, 0.29) is 11.2 Å². The molecule has 0 spiro atoms. The Bertz CT molecular complexity index is 861. The number of hydrogen-bond acceptors (Lipinski definition) is 4. The van der Waals surface area contributed by atoms with Gasteiger partial charge in [-0.1, -0.05) is 0 Å². The number of nitro benzene ring substituents is 1. The van der Waals surface area contributed by atoms with E-state index in [1.165, 1.54) is 22.6 Å². The standard InChI is InChI=1S/C13H10N4O3/c1-8-6-12(18)16-7-11(15-13(16)14-8)9-2-4-10(5-3-9)17(19)20/h2-7H,1H3,(H,14,15). The Kier molecular flexibility index (Phi) is 2.60. The van der Waals surface area contributed by atoms with E-state index in [4.69, 9.17) is 0 Å². The van der Waals surface area contributed by atoms with Crippen molar-refractivity contribution in [3.63, 3.8) is 0 Å². The lowest BCUT2D eigenvalue weighted by atomic mass is 10.1. The monoisotopic (exact) mass is 270 g/mol. The van der Waals surface area contributed by atoms with E-state index in [2.05, 4.69) is 9.97 Å². The summed E-state index contributed by atoms with van der Waals surface area (Å²) in [6, 6.07) is 7.52. The van der Waals surface area contributed by atoms with Crippen LogP contribution in [-0.4, -0.2) is 19.3 Å². The number of nitrogens with one attached hydrogen (secondary N) is 1. The van der Waals surface area contributed by atoms with Gasteiger partial charge in [0.25, 0.3) is 11.2 Å². The fourth-order valence-corrected chi connectivity index (χ4v) is 2.00. The average Bonchev–Trinajstić information content (AvgIpc) is 2.83. The molecule has 3 rings (SSSR count). The van der Waals surface area contributed by atoms with Crippen molar-refractivity contribution in [2.24, 2.45) is 0 Å². The zero-order chi connectivity index (χ0) is 14.3. The SMILES string of the molecule is Cc1cc(=O)n2cc(-c3ccc([N+](=O)[O-])cc3)nc2[nH]1. The fraction of sp³-hybridized carbons (Fsp3) is 0.0769. The maximum atomic E-state index is 11.8. The lowest BCUT2D eigenvalue weighted by molar-refractivity contribution is -0.384. The van der Waals surface area contributed by atoms with Gasteiger partial charge in [-0.3, -0.25) is 19.3 Å². The molecule has 7 heteroatoms. The second-order valence-corrected chi connectivity index (χ2v) is 4.41. The van der Waals surface area contributed by atoms with Crippen LogP contribution in [0.4, 0.5) is 5.69 Å². The average molecular weight is 270 g/mol. The van der Waals surface area contributed by atoms with Gasteiger partial charge in [0.15, 0.2) is 0 Å². The largest absolute Gasteiger partial charge is 0.329 e. The molecule has 0 atom stereocenters. The van der Waals surface area contributed by atoms with Crippen molar-refractivity contribution in [3.05, 3.63) is 62.7 Å². The highest BCUT2D eigenvalue weighted by molar-refractivity contribution is 5.62. The molecule has 0 saturated heterocycles. The number of nitro groups is 1. The molecule has 1 N–H and O–H groups in total. The number of fused-ring (bicyclic) bond motifs is 1. The van der Waals surface area contributed by atoms with Crippen LogP contribution < -0.4 is 5.56 Å². The molecule has 0 bridgehead atoms. The number of non-ortho nitro benzene ring substituents is 1. The number of aromatic amines is 1. The van der Waals surface area contributed by atoms with Gasteiger partial charge in [0.2, 0.25) is 5.78 Å². The van der Waals surface area contributed by atoms with Crippen LogP contribution in [0, 0.1) is 17.0 Å². The Morgan fingerprint density at radius 2 is 2.00 bits per heavy atom. The van der Waals surface area contributed by atoms with Gasteiger partial charge in [-0.25, -0.2) is 4.98 Å². The van der Waals surface area contributed by atoms with Gasteiger partial charge < -0.3 is 4.98 Å². The van der Waals surface area contributed by atoms with Crippen molar-refractivity contribution in [1.29, 1.82) is 0 Å². The molecule has 0 amide bonds. The number of benzene rings is 1. The highest BCUT2D eigenvalue weighted by atomic mass is 16.6. The van der Waals surface area contributed by atoms with Gasteiger partial charge >= 0.3 is 0 Å². The normalized spacial score (nSPS) is 10.8. The van der Waals surface area contributed by atoms with E-state index in [1.54, 1.807) is 25.3 Å². The topological polar surface area (TPSA) is 93.3 Å². The number of nitrogens with zero attached hydrogens (tertiary/aromatic N) is 3. The molecule has 0 aliphatic carbocycles. The van der Waals surface area contributed by atoms with Gasteiger partial charge in [0.1, 0.15) is 0 Å². The van der Waals surface area contributed by atoms with Gasteiger partial charge in [-0.15, -0.1) is 0 Å². The summed E-state index contributed by atoms with van der Waals surface area (Å²) in [7, 11) is 0. The predicted octanol–water partition coefficient (Wildman–Crippen LogP) is 1.91. The molecular formula is C13H10N4O3. The third-order valence-corrected chi connectivity index (χ3v) is 2.97. The summed E-state index contributed by atoms with van der Waals surface area (Å²) in [5.74, 6) is 0.448. The summed E-state index contributed by atoms with van der Waals surface area (Å²) in [4.78, 5) is 29.3.